The lowest BCUT2D eigenvalue weighted by Crippen LogP contribution is -2.33. The maximum absolute atomic E-state index is 10.9. The second-order valence-electron chi connectivity index (χ2n) is 8.01. The molecular formula is C18H26BrCl2N5O. The molecule has 2 aromatic rings. The number of nitrogens with zero attached hydrogens (tertiary/aromatic N) is 3. The van der Waals surface area contributed by atoms with Gasteiger partial charge in [-0.2, -0.15) is 9.61 Å². The Morgan fingerprint density at radius 2 is 2.00 bits per heavy atom. The van der Waals surface area contributed by atoms with Crippen LogP contribution in [0.2, 0.25) is 0 Å². The third kappa shape index (κ3) is 3.15. The van der Waals surface area contributed by atoms with Gasteiger partial charge in [0, 0.05) is 29.5 Å². The van der Waals surface area contributed by atoms with Crippen molar-refractivity contribution in [3.05, 3.63) is 21.9 Å². The van der Waals surface area contributed by atoms with Crippen molar-refractivity contribution in [3.63, 3.8) is 0 Å². The van der Waals surface area contributed by atoms with E-state index in [-0.39, 0.29) is 42.4 Å². The largest absolute Gasteiger partial charge is 0.392 e. The highest BCUT2D eigenvalue weighted by molar-refractivity contribution is 9.10. The van der Waals surface area contributed by atoms with Crippen LogP contribution in [-0.2, 0) is 11.8 Å². The van der Waals surface area contributed by atoms with E-state index in [9.17, 15) is 5.11 Å². The summed E-state index contributed by atoms with van der Waals surface area (Å²) >= 11 is 3.59. The fraction of sp³-hybridized carbons (Fsp3) is 0.667. The summed E-state index contributed by atoms with van der Waals surface area (Å²) in [5.41, 5.74) is 9.02. The second-order valence-corrected chi connectivity index (χ2v) is 8.87. The number of aliphatic hydroxyl groups is 1. The van der Waals surface area contributed by atoms with Gasteiger partial charge in [-0.15, -0.1) is 24.8 Å². The molecule has 2 aromatic heterocycles. The zero-order valence-electron chi connectivity index (χ0n) is 15.0. The summed E-state index contributed by atoms with van der Waals surface area (Å²) in [5, 5.41) is 19.1. The van der Waals surface area contributed by atoms with Crippen LogP contribution < -0.4 is 11.1 Å². The topological polar surface area (TPSA) is 88.5 Å². The van der Waals surface area contributed by atoms with Crippen LogP contribution in [-0.4, -0.2) is 37.9 Å². The first-order valence-electron chi connectivity index (χ1n) is 9.35. The minimum Gasteiger partial charge on any atom is -0.392 e. The Hall–Kier alpha value is -0.600. The molecule has 2 saturated carbocycles. The van der Waals surface area contributed by atoms with E-state index in [1.54, 1.807) is 6.20 Å². The van der Waals surface area contributed by atoms with E-state index in [2.05, 4.69) is 26.3 Å². The van der Waals surface area contributed by atoms with Crippen molar-refractivity contribution < 1.29 is 5.11 Å². The molecule has 0 aromatic carbocycles. The van der Waals surface area contributed by atoms with E-state index in [0.717, 1.165) is 59.3 Å². The molecule has 6 nitrogen and oxygen atoms in total. The predicted octanol–water partition coefficient (Wildman–Crippen LogP) is 3.36. The standard InChI is InChI=1S/C18H24BrN5O.2ClH/c19-13-9-21-24-16(22-11-4-3-10(20)7-11)12-8-14(25)18(5-1-2-6-18)15(12)23-17(13)24;;/h9-11,14,22,25H,1-8,20H2;2*1H/t10-,11-,14?;;/m0../s1. The number of anilines is 1. The number of aliphatic hydroxyl groups excluding tert-OH is 1. The minimum absolute atomic E-state index is 0. The number of nitrogens with two attached hydrogens (primary N) is 1. The molecule has 0 amide bonds. The van der Waals surface area contributed by atoms with Gasteiger partial charge in [-0.25, -0.2) is 4.98 Å². The van der Waals surface area contributed by atoms with E-state index >= 15 is 0 Å². The van der Waals surface area contributed by atoms with Crippen LogP contribution in [0.5, 0.6) is 0 Å². The third-order valence-electron chi connectivity index (χ3n) is 6.52. The molecule has 9 heteroatoms. The molecule has 0 aliphatic heterocycles. The lowest BCUT2D eigenvalue weighted by Gasteiger charge is -2.27. The number of hydrogen-bond acceptors (Lipinski definition) is 5. The zero-order valence-corrected chi connectivity index (χ0v) is 18.2. The van der Waals surface area contributed by atoms with Gasteiger partial charge in [-0.3, -0.25) is 0 Å². The smallest absolute Gasteiger partial charge is 0.171 e. The lowest BCUT2D eigenvalue weighted by atomic mass is 9.81. The Labute approximate surface area is 179 Å². The highest BCUT2D eigenvalue weighted by Gasteiger charge is 2.50. The van der Waals surface area contributed by atoms with Crippen LogP contribution in [0.3, 0.4) is 0 Å². The third-order valence-corrected chi connectivity index (χ3v) is 7.08. The number of fused-ring (bicyclic) bond motifs is 3. The lowest BCUT2D eigenvalue weighted by molar-refractivity contribution is 0.0968. The molecule has 4 N–H and O–H groups in total. The Bertz CT molecular complexity index is 839. The van der Waals surface area contributed by atoms with E-state index in [4.69, 9.17) is 10.7 Å². The molecular weight excluding hydrogens is 453 g/mol. The van der Waals surface area contributed by atoms with Crippen LogP contribution in [0.25, 0.3) is 5.65 Å². The van der Waals surface area contributed by atoms with Gasteiger partial charge in [-0.05, 0) is 48.0 Å². The minimum atomic E-state index is -0.338. The Balaban J connectivity index is 0.00000105. The van der Waals surface area contributed by atoms with Crippen molar-refractivity contribution >= 4 is 52.2 Å². The molecule has 3 aliphatic rings. The molecule has 0 bridgehead atoms. The molecule has 0 saturated heterocycles. The number of rotatable bonds is 2. The monoisotopic (exact) mass is 477 g/mol. The Morgan fingerprint density at radius 1 is 1.26 bits per heavy atom. The van der Waals surface area contributed by atoms with E-state index in [0.29, 0.717) is 12.5 Å². The normalized spacial score (nSPS) is 28.2. The first-order chi connectivity index (χ1) is 12.1. The maximum Gasteiger partial charge on any atom is 0.171 e. The summed E-state index contributed by atoms with van der Waals surface area (Å²) in [6.45, 7) is 0. The van der Waals surface area contributed by atoms with Gasteiger partial charge in [0.2, 0.25) is 0 Å². The van der Waals surface area contributed by atoms with Gasteiger partial charge in [0.05, 0.1) is 22.5 Å². The number of aromatic nitrogens is 3. The molecule has 3 aliphatic carbocycles. The van der Waals surface area contributed by atoms with Crippen LogP contribution in [0.4, 0.5) is 5.82 Å². The molecule has 3 atom stereocenters. The Kier molecular flexibility index (Phi) is 6.00. The van der Waals surface area contributed by atoms with Gasteiger partial charge >= 0.3 is 0 Å². The fourth-order valence-corrected chi connectivity index (χ4v) is 5.56. The van der Waals surface area contributed by atoms with Gasteiger partial charge in [0.25, 0.3) is 0 Å². The molecule has 2 fully saturated rings. The highest BCUT2D eigenvalue weighted by atomic mass is 79.9. The van der Waals surface area contributed by atoms with Crippen LogP contribution in [0, 0.1) is 0 Å². The number of hydrogen-bond donors (Lipinski definition) is 3. The van der Waals surface area contributed by atoms with Crippen LogP contribution in [0.15, 0.2) is 10.7 Å². The molecule has 1 unspecified atom stereocenters. The summed E-state index contributed by atoms with van der Waals surface area (Å²) in [5.74, 6) is 1.01. The van der Waals surface area contributed by atoms with E-state index in [1.165, 1.54) is 12.8 Å². The van der Waals surface area contributed by atoms with Crippen molar-refractivity contribution in [1.82, 2.24) is 14.6 Å². The van der Waals surface area contributed by atoms with Gasteiger partial charge in [0.15, 0.2) is 5.65 Å². The van der Waals surface area contributed by atoms with Gasteiger partial charge in [0.1, 0.15) is 5.82 Å². The second kappa shape index (κ2) is 7.67. The summed E-state index contributed by atoms with van der Waals surface area (Å²) in [6.07, 6.45) is 9.66. The first-order valence-corrected chi connectivity index (χ1v) is 10.1. The molecule has 0 radical (unpaired) electrons. The Morgan fingerprint density at radius 3 is 2.67 bits per heavy atom. The quantitative estimate of drug-likeness (QED) is 0.615. The average Bonchev–Trinajstić information content (AvgIpc) is 3.34. The van der Waals surface area contributed by atoms with Gasteiger partial charge in [-0.1, -0.05) is 12.8 Å². The summed E-state index contributed by atoms with van der Waals surface area (Å²) < 4.78 is 2.80. The van der Waals surface area contributed by atoms with Crippen molar-refractivity contribution in [3.8, 4) is 0 Å². The van der Waals surface area contributed by atoms with E-state index < -0.39 is 0 Å². The van der Waals surface area contributed by atoms with Gasteiger partial charge < -0.3 is 16.2 Å². The van der Waals surface area contributed by atoms with Crippen LogP contribution >= 0.6 is 40.7 Å². The average molecular weight is 479 g/mol. The first kappa shape index (κ1) is 21.1. The summed E-state index contributed by atoms with van der Waals surface area (Å²) in [4.78, 5) is 4.98. The maximum atomic E-state index is 10.9. The molecule has 27 heavy (non-hydrogen) atoms. The summed E-state index contributed by atoms with van der Waals surface area (Å²) in [6, 6.07) is 0.643. The van der Waals surface area contributed by atoms with Crippen LogP contribution in [0.1, 0.15) is 56.2 Å². The van der Waals surface area contributed by atoms with E-state index in [1.807, 2.05) is 4.52 Å². The predicted molar refractivity (Wildman–Crippen MR) is 114 cm³/mol. The highest BCUT2D eigenvalue weighted by Crippen LogP contribution is 2.51. The van der Waals surface area contributed by atoms with Crippen molar-refractivity contribution in [1.29, 1.82) is 0 Å². The summed E-state index contributed by atoms with van der Waals surface area (Å²) in [7, 11) is 0. The fourth-order valence-electron chi connectivity index (χ4n) is 5.22. The molecule has 1 spiro atoms. The van der Waals surface area contributed by atoms with Crippen molar-refractivity contribution in [2.24, 2.45) is 5.73 Å². The molecule has 150 valence electrons. The molecule has 5 rings (SSSR count). The van der Waals surface area contributed by atoms with Crippen molar-refractivity contribution in [2.75, 3.05) is 5.32 Å². The van der Waals surface area contributed by atoms with Crippen molar-refractivity contribution in [2.45, 2.75) is 75.0 Å². The zero-order chi connectivity index (χ0) is 17.2. The number of halogens is 3. The molecule has 2 heterocycles. The SMILES string of the molecule is Cl.Cl.N[C@H]1CC[C@H](Nc2c3c(nc4c(Br)cnn24)C2(CCCC2)C(O)C3)C1. The number of nitrogens with one attached hydrogen (secondary N) is 1.